The van der Waals surface area contributed by atoms with Gasteiger partial charge in [-0.25, -0.2) is 18.1 Å². The van der Waals surface area contributed by atoms with Gasteiger partial charge in [-0.1, -0.05) is 0 Å². The van der Waals surface area contributed by atoms with E-state index in [1.165, 1.54) is 17.4 Å². The van der Waals surface area contributed by atoms with Gasteiger partial charge in [0.2, 0.25) is 10.0 Å². The molecule has 21 heavy (non-hydrogen) atoms. The summed E-state index contributed by atoms with van der Waals surface area (Å²) in [5.41, 5.74) is 5.67. The van der Waals surface area contributed by atoms with Crippen molar-refractivity contribution in [3.05, 3.63) is 44.4 Å². The number of aromatic nitrogens is 1. The summed E-state index contributed by atoms with van der Waals surface area (Å²) in [6.07, 6.45) is 0. The monoisotopic (exact) mass is 328 g/mol. The lowest BCUT2D eigenvalue weighted by molar-refractivity contribution is -0.387. The largest absolute Gasteiger partial charge is 0.399 e. The topological polar surface area (TPSA) is 128 Å². The van der Waals surface area contributed by atoms with E-state index in [0.717, 1.165) is 17.1 Å². The predicted octanol–water partition coefficient (Wildman–Crippen LogP) is 1.42. The van der Waals surface area contributed by atoms with Crippen LogP contribution in [0.2, 0.25) is 0 Å². The van der Waals surface area contributed by atoms with Crippen LogP contribution < -0.4 is 10.5 Å². The zero-order valence-corrected chi connectivity index (χ0v) is 12.6. The molecule has 10 heteroatoms. The fourth-order valence-corrected chi connectivity index (χ4v) is 3.45. The summed E-state index contributed by atoms with van der Waals surface area (Å²) in [7, 11) is -4.05. The van der Waals surface area contributed by atoms with Crippen LogP contribution in [0.3, 0.4) is 0 Å². The molecule has 0 amide bonds. The fraction of sp³-hybridized carbons (Fsp3) is 0.182. The molecule has 1 aromatic heterocycles. The Labute approximate surface area is 124 Å². The van der Waals surface area contributed by atoms with Crippen LogP contribution in [0.15, 0.2) is 28.5 Å². The summed E-state index contributed by atoms with van der Waals surface area (Å²) in [5, 5.41) is 13.4. The minimum Gasteiger partial charge on any atom is -0.399 e. The molecular formula is C11H12N4O4S2. The summed E-state index contributed by atoms with van der Waals surface area (Å²) >= 11 is 1.39. The number of aryl methyl sites for hydroxylation is 1. The van der Waals surface area contributed by atoms with Gasteiger partial charge >= 0.3 is 0 Å². The Morgan fingerprint density at radius 2 is 2.19 bits per heavy atom. The van der Waals surface area contributed by atoms with Crippen LogP contribution in [-0.2, 0) is 16.6 Å². The van der Waals surface area contributed by atoms with Gasteiger partial charge in [0.05, 0.1) is 22.2 Å². The summed E-state index contributed by atoms with van der Waals surface area (Å²) in [6, 6.07) is 3.41. The highest BCUT2D eigenvalue weighted by Crippen LogP contribution is 2.25. The van der Waals surface area contributed by atoms with E-state index in [1.54, 1.807) is 12.3 Å². The zero-order chi connectivity index (χ0) is 15.6. The molecule has 0 aliphatic rings. The maximum absolute atomic E-state index is 12.2. The van der Waals surface area contributed by atoms with Crippen molar-refractivity contribution in [2.75, 3.05) is 5.73 Å². The van der Waals surface area contributed by atoms with Crippen molar-refractivity contribution in [3.8, 4) is 0 Å². The van der Waals surface area contributed by atoms with Crippen molar-refractivity contribution < 1.29 is 13.3 Å². The Bertz CT molecular complexity index is 785. The molecule has 0 fully saturated rings. The second kappa shape index (κ2) is 5.76. The summed E-state index contributed by atoms with van der Waals surface area (Å²) < 4.78 is 26.7. The number of nitrogens with two attached hydrogens (primary N) is 1. The van der Waals surface area contributed by atoms with Crippen LogP contribution >= 0.6 is 11.3 Å². The van der Waals surface area contributed by atoms with Crippen LogP contribution in [0.25, 0.3) is 0 Å². The summed E-state index contributed by atoms with van der Waals surface area (Å²) in [6.45, 7) is 1.75. The predicted molar refractivity (Wildman–Crippen MR) is 78.4 cm³/mol. The molecule has 0 radical (unpaired) electrons. The molecule has 0 atom stereocenters. The maximum atomic E-state index is 12.2. The van der Waals surface area contributed by atoms with Gasteiger partial charge in [-0.15, -0.1) is 11.3 Å². The normalized spacial score (nSPS) is 11.5. The molecule has 1 heterocycles. The highest BCUT2D eigenvalue weighted by Gasteiger charge is 2.25. The van der Waals surface area contributed by atoms with Crippen LogP contribution in [0.4, 0.5) is 11.4 Å². The number of thiazole rings is 1. The highest BCUT2D eigenvalue weighted by molar-refractivity contribution is 7.89. The van der Waals surface area contributed by atoms with E-state index < -0.39 is 25.5 Å². The molecule has 0 aliphatic heterocycles. The molecule has 2 rings (SSSR count). The first kappa shape index (κ1) is 15.4. The second-order valence-corrected chi connectivity index (χ2v) is 6.96. The van der Waals surface area contributed by atoms with Gasteiger partial charge in [-0.05, 0) is 19.1 Å². The lowest BCUT2D eigenvalue weighted by Crippen LogP contribution is -2.24. The van der Waals surface area contributed by atoms with Gasteiger partial charge in [-0.2, -0.15) is 0 Å². The Kier molecular flexibility index (Phi) is 4.21. The molecule has 0 unspecified atom stereocenters. The van der Waals surface area contributed by atoms with Crippen molar-refractivity contribution >= 4 is 32.7 Å². The van der Waals surface area contributed by atoms with Crippen molar-refractivity contribution in [3.63, 3.8) is 0 Å². The van der Waals surface area contributed by atoms with E-state index in [9.17, 15) is 18.5 Å². The number of nitrogens with one attached hydrogen (secondary N) is 1. The molecular weight excluding hydrogens is 316 g/mol. The quantitative estimate of drug-likeness (QED) is 0.485. The molecule has 0 aliphatic carbocycles. The van der Waals surface area contributed by atoms with E-state index in [2.05, 4.69) is 9.71 Å². The molecule has 0 spiro atoms. The van der Waals surface area contributed by atoms with E-state index >= 15 is 0 Å². The lowest BCUT2D eigenvalue weighted by atomic mass is 10.3. The maximum Gasteiger partial charge on any atom is 0.289 e. The van der Waals surface area contributed by atoms with Gasteiger partial charge in [-0.3, -0.25) is 10.1 Å². The number of hydrogen-bond acceptors (Lipinski definition) is 7. The number of nitro benzene ring substituents is 1. The van der Waals surface area contributed by atoms with E-state index in [1.807, 2.05) is 0 Å². The number of anilines is 1. The number of sulfonamides is 1. The molecule has 112 valence electrons. The van der Waals surface area contributed by atoms with E-state index in [4.69, 9.17) is 5.73 Å². The van der Waals surface area contributed by atoms with Gasteiger partial charge in [0.1, 0.15) is 0 Å². The first-order chi connectivity index (χ1) is 9.79. The van der Waals surface area contributed by atoms with Crippen LogP contribution in [0.1, 0.15) is 10.7 Å². The number of nitrogens with zero attached hydrogens (tertiary/aromatic N) is 2. The second-order valence-electron chi connectivity index (χ2n) is 4.17. The van der Waals surface area contributed by atoms with Gasteiger partial charge in [0.15, 0.2) is 4.90 Å². The Morgan fingerprint density at radius 3 is 2.76 bits per heavy atom. The molecule has 1 aromatic carbocycles. The summed E-state index contributed by atoms with van der Waals surface area (Å²) in [5.74, 6) is 0. The molecule has 8 nitrogen and oxygen atoms in total. The number of rotatable bonds is 5. The molecule has 0 bridgehead atoms. The molecule has 3 N–H and O–H groups in total. The third kappa shape index (κ3) is 3.54. The number of nitro groups is 1. The third-order valence-corrected chi connectivity index (χ3v) is 4.83. The van der Waals surface area contributed by atoms with Crippen molar-refractivity contribution in [1.29, 1.82) is 0 Å². The van der Waals surface area contributed by atoms with Crippen molar-refractivity contribution in [2.24, 2.45) is 0 Å². The standard InChI is InChI=1S/C11H12N4O4S2/c1-7-14-9(6-20-7)5-13-21(18,19)11-4-8(12)2-3-10(11)15(16)17/h2-4,6,13H,5,12H2,1H3. The average Bonchev–Trinajstić information content (AvgIpc) is 2.82. The van der Waals surface area contributed by atoms with Crippen LogP contribution in [-0.4, -0.2) is 18.3 Å². The SMILES string of the molecule is Cc1nc(CNS(=O)(=O)c2cc(N)ccc2[N+](=O)[O-])cs1. The Balaban J connectivity index is 2.31. The van der Waals surface area contributed by atoms with Gasteiger partial charge in [0, 0.05) is 17.1 Å². The van der Waals surface area contributed by atoms with Crippen molar-refractivity contribution in [1.82, 2.24) is 9.71 Å². The summed E-state index contributed by atoms with van der Waals surface area (Å²) in [4.78, 5) is 13.8. The van der Waals surface area contributed by atoms with E-state index in [-0.39, 0.29) is 12.2 Å². The third-order valence-electron chi connectivity index (χ3n) is 2.58. The Hall–Kier alpha value is -2.04. The van der Waals surface area contributed by atoms with Crippen molar-refractivity contribution in [2.45, 2.75) is 18.4 Å². The van der Waals surface area contributed by atoms with Crippen LogP contribution in [0.5, 0.6) is 0 Å². The smallest absolute Gasteiger partial charge is 0.289 e. The number of hydrogen-bond donors (Lipinski definition) is 2. The highest BCUT2D eigenvalue weighted by atomic mass is 32.2. The first-order valence-corrected chi connectivity index (χ1v) is 8.10. The minimum atomic E-state index is -4.05. The zero-order valence-electron chi connectivity index (χ0n) is 10.9. The van der Waals surface area contributed by atoms with Crippen LogP contribution in [0, 0.1) is 17.0 Å². The number of benzene rings is 1. The average molecular weight is 328 g/mol. The molecule has 0 saturated carbocycles. The molecule has 0 saturated heterocycles. The first-order valence-electron chi connectivity index (χ1n) is 5.74. The lowest BCUT2D eigenvalue weighted by Gasteiger charge is -2.07. The van der Waals surface area contributed by atoms with E-state index in [0.29, 0.717) is 5.69 Å². The fourth-order valence-electron chi connectivity index (χ4n) is 1.63. The Morgan fingerprint density at radius 1 is 1.48 bits per heavy atom. The molecule has 2 aromatic rings. The minimum absolute atomic E-state index is 0.0430. The number of nitrogen functional groups attached to an aromatic ring is 1. The van der Waals surface area contributed by atoms with Gasteiger partial charge in [0.25, 0.3) is 5.69 Å². The van der Waals surface area contributed by atoms with Gasteiger partial charge < -0.3 is 5.73 Å².